The molecule has 0 saturated heterocycles. The van der Waals surface area contributed by atoms with Crippen molar-refractivity contribution in [2.45, 2.75) is 90.8 Å². The Morgan fingerprint density at radius 3 is 2.07 bits per heavy atom. The molecule has 0 aromatic heterocycles. The molecule has 0 amide bonds. The summed E-state index contributed by atoms with van der Waals surface area (Å²) in [7, 11) is 0. The van der Waals surface area contributed by atoms with E-state index in [4.69, 9.17) is 18.9 Å². The predicted octanol–water partition coefficient (Wildman–Crippen LogP) is 2.64. The van der Waals surface area contributed by atoms with E-state index in [1.807, 2.05) is 13.8 Å². The summed E-state index contributed by atoms with van der Waals surface area (Å²) in [6, 6.07) is 8.08. The van der Waals surface area contributed by atoms with E-state index in [1.165, 1.54) is 39.8 Å². The Kier molecular flexibility index (Phi) is 7.77. The number of ketones is 1. The third kappa shape index (κ3) is 4.74. The molecule has 240 valence electrons. The number of benzene rings is 1. The lowest BCUT2D eigenvalue weighted by atomic mass is 9.55. The molecule has 44 heavy (non-hydrogen) atoms. The van der Waals surface area contributed by atoms with Crippen LogP contribution in [-0.2, 0) is 38.1 Å². The van der Waals surface area contributed by atoms with Crippen molar-refractivity contribution in [2.24, 2.45) is 40.4 Å². The molecule has 2 N–H and O–H groups in total. The number of rotatable bonds is 6. The van der Waals surface area contributed by atoms with Crippen molar-refractivity contribution in [3.8, 4) is 0 Å². The minimum absolute atomic E-state index is 0.108. The zero-order chi connectivity index (χ0) is 32.6. The number of ether oxygens (including phenoxy) is 4. The maximum absolute atomic E-state index is 14.6. The van der Waals surface area contributed by atoms with Crippen molar-refractivity contribution in [2.75, 3.05) is 6.61 Å². The molecule has 1 aromatic carbocycles. The van der Waals surface area contributed by atoms with Crippen LogP contribution in [0.1, 0.15) is 71.7 Å². The maximum Gasteiger partial charge on any atom is 0.338 e. The zero-order valence-corrected chi connectivity index (χ0v) is 26.2. The molecule has 4 aliphatic rings. The summed E-state index contributed by atoms with van der Waals surface area (Å²) >= 11 is 0. The van der Waals surface area contributed by atoms with Gasteiger partial charge in [-0.3, -0.25) is 19.2 Å². The lowest BCUT2D eigenvalue weighted by molar-refractivity contribution is -0.227. The van der Waals surface area contributed by atoms with Gasteiger partial charge in [-0.15, -0.1) is 0 Å². The van der Waals surface area contributed by atoms with Crippen LogP contribution in [0, 0.1) is 40.4 Å². The number of esters is 4. The molecular weight excluding hydrogens is 572 g/mol. The average molecular weight is 615 g/mol. The van der Waals surface area contributed by atoms with Gasteiger partial charge in [0.1, 0.15) is 36.1 Å². The first kappa shape index (κ1) is 32.1. The predicted molar refractivity (Wildman–Crippen MR) is 153 cm³/mol. The molecule has 11 atom stereocenters. The summed E-state index contributed by atoms with van der Waals surface area (Å²) in [4.78, 5) is 66.0. The van der Waals surface area contributed by atoms with Gasteiger partial charge in [0.05, 0.1) is 16.9 Å². The molecule has 1 aromatic rings. The van der Waals surface area contributed by atoms with Gasteiger partial charge in [-0.25, -0.2) is 4.79 Å². The Labute approximate surface area is 256 Å². The van der Waals surface area contributed by atoms with Gasteiger partial charge in [-0.2, -0.15) is 0 Å². The molecule has 4 saturated carbocycles. The summed E-state index contributed by atoms with van der Waals surface area (Å²) in [5.41, 5.74) is -6.60. The molecule has 11 nitrogen and oxygen atoms in total. The van der Waals surface area contributed by atoms with Gasteiger partial charge in [0.15, 0.2) is 5.78 Å². The molecule has 4 aliphatic carbocycles. The molecule has 5 rings (SSSR count). The largest absolute Gasteiger partial charge is 0.465 e. The fourth-order valence-corrected chi connectivity index (χ4v) is 9.24. The fraction of sp³-hybridized carbons (Fsp3) is 0.667. The van der Waals surface area contributed by atoms with E-state index in [0.717, 1.165) is 0 Å². The minimum atomic E-state index is -2.32. The van der Waals surface area contributed by atoms with E-state index in [2.05, 4.69) is 0 Å². The van der Waals surface area contributed by atoms with Crippen LogP contribution in [0.5, 0.6) is 0 Å². The second kappa shape index (κ2) is 10.7. The summed E-state index contributed by atoms with van der Waals surface area (Å²) in [5, 5.41) is 24.9. The van der Waals surface area contributed by atoms with Crippen molar-refractivity contribution in [3.05, 3.63) is 35.9 Å². The number of Topliss-reactive ketones (excluding diaryl/α,β-unsaturated/α-hetero) is 1. The number of aliphatic hydroxyl groups is 2. The topological polar surface area (TPSA) is 163 Å². The lowest BCUT2D eigenvalue weighted by Crippen LogP contribution is -2.65. The number of hydrogen-bond acceptors (Lipinski definition) is 11. The Hall–Kier alpha value is -3.31. The van der Waals surface area contributed by atoms with Crippen molar-refractivity contribution < 1.29 is 53.1 Å². The number of fused-ring (bicyclic) bond motifs is 4. The Morgan fingerprint density at radius 1 is 0.886 bits per heavy atom. The highest BCUT2D eigenvalue weighted by Gasteiger charge is 2.83. The monoisotopic (exact) mass is 614 g/mol. The Balaban J connectivity index is 1.84. The van der Waals surface area contributed by atoms with Crippen molar-refractivity contribution in [1.82, 2.24) is 0 Å². The van der Waals surface area contributed by atoms with Crippen LogP contribution >= 0.6 is 0 Å². The molecule has 4 fully saturated rings. The number of hydrogen-bond donors (Lipinski definition) is 2. The van der Waals surface area contributed by atoms with E-state index in [1.54, 1.807) is 25.1 Å². The van der Waals surface area contributed by atoms with Gasteiger partial charge in [-0.05, 0) is 55.1 Å². The molecule has 0 spiro atoms. The first-order valence-electron chi connectivity index (χ1n) is 15.1. The second-order valence-electron chi connectivity index (χ2n) is 14.0. The van der Waals surface area contributed by atoms with Crippen molar-refractivity contribution in [3.63, 3.8) is 0 Å². The molecule has 0 aliphatic heterocycles. The van der Waals surface area contributed by atoms with Crippen molar-refractivity contribution >= 4 is 29.7 Å². The standard InChI is InChI=1S/C33H42O11/c1-16-14-33(40)24(25(16)43-19(4)36)27(44-28(37)20-11-9-8-10-12-20)32(15-41-17(2)34)22(42-18(3)35)13-21-23(30(21,5)6)26(32)31(7,39)29(33)38/h8-12,16,21-27,39-40H,13-15H2,1-7H3. The van der Waals surface area contributed by atoms with Gasteiger partial charge >= 0.3 is 23.9 Å². The van der Waals surface area contributed by atoms with E-state index >= 15 is 0 Å². The highest BCUT2D eigenvalue weighted by molar-refractivity contribution is 5.96. The first-order valence-corrected chi connectivity index (χ1v) is 15.1. The third-order valence-electron chi connectivity index (χ3n) is 10.9. The van der Waals surface area contributed by atoms with E-state index in [-0.39, 0.29) is 30.2 Å². The maximum atomic E-state index is 14.6. The van der Waals surface area contributed by atoms with Crippen LogP contribution in [0.2, 0.25) is 0 Å². The quantitative estimate of drug-likeness (QED) is 0.358. The van der Waals surface area contributed by atoms with Crippen LogP contribution in [-0.4, -0.2) is 76.0 Å². The second-order valence-corrected chi connectivity index (χ2v) is 14.0. The van der Waals surface area contributed by atoms with E-state index in [0.29, 0.717) is 0 Å². The minimum Gasteiger partial charge on any atom is -0.465 e. The summed E-state index contributed by atoms with van der Waals surface area (Å²) in [5.74, 6) is -7.33. The molecule has 11 heteroatoms. The highest BCUT2D eigenvalue weighted by Crippen LogP contribution is 2.75. The summed E-state index contributed by atoms with van der Waals surface area (Å²) in [6.45, 7) is 10.1. The number of carbonyl (C=O) groups is 5. The molecule has 0 heterocycles. The molecule has 0 radical (unpaired) electrons. The van der Waals surface area contributed by atoms with Gasteiger partial charge in [0.25, 0.3) is 0 Å². The summed E-state index contributed by atoms with van der Waals surface area (Å²) in [6.07, 6.45) is -3.70. The SMILES string of the molecule is CC(=O)OCC12C(OC(C)=O)CC3C(C1C(C)(O)C(=O)C1(O)CC(C)C(OC(C)=O)C1C2OC(=O)c1ccccc1)C3(C)C. The van der Waals surface area contributed by atoms with E-state index < -0.39 is 94.4 Å². The summed E-state index contributed by atoms with van der Waals surface area (Å²) < 4.78 is 23.8. The van der Waals surface area contributed by atoms with Crippen molar-refractivity contribution in [1.29, 1.82) is 0 Å². The number of carbonyl (C=O) groups excluding carboxylic acids is 5. The van der Waals surface area contributed by atoms with E-state index in [9.17, 15) is 34.2 Å². The van der Waals surface area contributed by atoms with Gasteiger partial charge in [0.2, 0.25) is 0 Å². The smallest absolute Gasteiger partial charge is 0.338 e. The third-order valence-corrected chi connectivity index (χ3v) is 10.9. The molecule has 0 bridgehead atoms. The lowest BCUT2D eigenvalue weighted by Gasteiger charge is -2.54. The van der Waals surface area contributed by atoms with Crippen LogP contribution < -0.4 is 0 Å². The fourth-order valence-electron chi connectivity index (χ4n) is 9.24. The molecule has 11 unspecified atom stereocenters. The highest BCUT2D eigenvalue weighted by atomic mass is 16.6. The average Bonchev–Trinajstić information content (AvgIpc) is 3.37. The van der Waals surface area contributed by atoms with Crippen LogP contribution in [0.25, 0.3) is 0 Å². The van der Waals surface area contributed by atoms with Crippen LogP contribution in [0.15, 0.2) is 30.3 Å². The van der Waals surface area contributed by atoms with Crippen LogP contribution in [0.3, 0.4) is 0 Å². The Morgan fingerprint density at radius 2 is 1.50 bits per heavy atom. The first-order chi connectivity index (χ1) is 20.4. The normalized spacial score (nSPS) is 41.6. The molecular formula is C33H42O11. The van der Waals surface area contributed by atoms with Gasteiger partial charge in [-0.1, -0.05) is 39.0 Å². The van der Waals surface area contributed by atoms with Gasteiger partial charge in [0, 0.05) is 26.7 Å². The Bertz CT molecular complexity index is 1370. The van der Waals surface area contributed by atoms with Crippen LogP contribution in [0.4, 0.5) is 0 Å². The van der Waals surface area contributed by atoms with Gasteiger partial charge < -0.3 is 29.2 Å². The zero-order valence-electron chi connectivity index (χ0n) is 26.2.